The van der Waals surface area contributed by atoms with Gasteiger partial charge in [-0.25, -0.2) is 0 Å². The average molecular weight is 367 g/mol. The van der Waals surface area contributed by atoms with Gasteiger partial charge in [-0.15, -0.1) is 0 Å². The van der Waals surface area contributed by atoms with Crippen LogP contribution >= 0.6 is 0 Å². The predicted molar refractivity (Wildman–Crippen MR) is 111 cm³/mol. The maximum atomic E-state index is 12.7. The van der Waals surface area contributed by atoms with Crippen molar-refractivity contribution < 1.29 is 4.79 Å². The fourth-order valence-electron chi connectivity index (χ4n) is 3.56. The summed E-state index contributed by atoms with van der Waals surface area (Å²) < 4.78 is 2.11. The molecule has 1 N–H and O–H groups in total. The summed E-state index contributed by atoms with van der Waals surface area (Å²) in [6.07, 6.45) is 6.11. The largest absolute Gasteiger partial charge is 0.349 e. The standard InChI is InChI=1S/C24H21N3O/c28-24(26-20-11-12-20)22-8-4-7-18-13-14-27(23(18)22)16-21-10-9-19(15-25-21)17-5-2-1-3-6-17/h1-10,13-15,20H,11-12,16H2,(H,26,28). The first-order chi connectivity index (χ1) is 13.8. The van der Waals surface area contributed by atoms with Gasteiger partial charge in [0.25, 0.3) is 5.91 Å². The normalized spacial score (nSPS) is 13.6. The number of hydrogen-bond donors (Lipinski definition) is 1. The van der Waals surface area contributed by atoms with Gasteiger partial charge in [0.15, 0.2) is 0 Å². The zero-order valence-electron chi connectivity index (χ0n) is 15.5. The fourth-order valence-corrected chi connectivity index (χ4v) is 3.56. The highest BCUT2D eigenvalue weighted by molar-refractivity contribution is 6.06. The van der Waals surface area contributed by atoms with Crippen LogP contribution in [0.2, 0.25) is 0 Å². The molecule has 2 heterocycles. The van der Waals surface area contributed by atoms with E-state index in [-0.39, 0.29) is 5.91 Å². The van der Waals surface area contributed by atoms with E-state index in [0.29, 0.717) is 12.6 Å². The topological polar surface area (TPSA) is 46.9 Å². The number of para-hydroxylation sites is 1. The van der Waals surface area contributed by atoms with Crippen molar-refractivity contribution >= 4 is 16.8 Å². The smallest absolute Gasteiger partial charge is 0.253 e. The average Bonchev–Trinajstić information content (AvgIpc) is 3.47. The molecular weight excluding hydrogens is 346 g/mol. The molecule has 0 bridgehead atoms. The third-order valence-electron chi connectivity index (χ3n) is 5.21. The van der Waals surface area contributed by atoms with Crippen LogP contribution in [0.3, 0.4) is 0 Å². The molecule has 1 saturated carbocycles. The van der Waals surface area contributed by atoms with E-state index in [1.165, 1.54) is 0 Å². The van der Waals surface area contributed by atoms with Gasteiger partial charge in [-0.05, 0) is 36.6 Å². The first-order valence-electron chi connectivity index (χ1n) is 9.67. The van der Waals surface area contributed by atoms with Gasteiger partial charge in [-0.1, -0.05) is 48.5 Å². The zero-order valence-corrected chi connectivity index (χ0v) is 15.5. The predicted octanol–water partition coefficient (Wildman–Crippen LogP) is 4.64. The lowest BCUT2D eigenvalue weighted by Gasteiger charge is -2.10. The molecule has 4 aromatic rings. The molecule has 138 valence electrons. The van der Waals surface area contributed by atoms with Crippen LogP contribution in [-0.2, 0) is 6.54 Å². The molecule has 0 saturated heterocycles. The van der Waals surface area contributed by atoms with Gasteiger partial charge in [0.2, 0.25) is 0 Å². The van der Waals surface area contributed by atoms with Crippen LogP contribution in [0.25, 0.3) is 22.0 Å². The van der Waals surface area contributed by atoms with E-state index in [1.54, 1.807) is 0 Å². The van der Waals surface area contributed by atoms with Crippen molar-refractivity contribution in [1.29, 1.82) is 0 Å². The van der Waals surface area contributed by atoms with Gasteiger partial charge >= 0.3 is 0 Å². The summed E-state index contributed by atoms with van der Waals surface area (Å²) in [4.78, 5) is 17.3. The van der Waals surface area contributed by atoms with Crippen LogP contribution in [0.15, 0.2) is 79.1 Å². The number of aromatic nitrogens is 2. The Morgan fingerprint density at radius 1 is 0.964 bits per heavy atom. The molecule has 0 atom stereocenters. The van der Waals surface area contributed by atoms with Crippen molar-refractivity contribution in [3.8, 4) is 11.1 Å². The van der Waals surface area contributed by atoms with E-state index in [0.717, 1.165) is 46.1 Å². The van der Waals surface area contributed by atoms with Gasteiger partial charge in [-0.2, -0.15) is 0 Å². The summed E-state index contributed by atoms with van der Waals surface area (Å²) in [6, 6.07) is 22.7. The molecule has 0 aliphatic heterocycles. The molecule has 28 heavy (non-hydrogen) atoms. The minimum absolute atomic E-state index is 0.0143. The van der Waals surface area contributed by atoms with Gasteiger partial charge < -0.3 is 9.88 Å². The van der Waals surface area contributed by atoms with Crippen LogP contribution in [0.4, 0.5) is 0 Å². The van der Waals surface area contributed by atoms with Crippen molar-refractivity contribution in [2.24, 2.45) is 0 Å². The van der Waals surface area contributed by atoms with E-state index in [1.807, 2.05) is 48.8 Å². The first kappa shape index (κ1) is 16.8. The summed E-state index contributed by atoms with van der Waals surface area (Å²) in [5.74, 6) is 0.0143. The maximum absolute atomic E-state index is 12.7. The molecule has 5 rings (SSSR count). The molecule has 4 nitrogen and oxygen atoms in total. The van der Waals surface area contributed by atoms with Gasteiger partial charge in [0, 0.05) is 29.4 Å². The molecule has 2 aromatic heterocycles. The molecule has 1 amide bonds. The molecule has 1 aliphatic carbocycles. The summed E-state index contributed by atoms with van der Waals surface area (Å²) in [5, 5.41) is 4.17. The van der Waals surface area contributed by atoms with Crippen molar-refractivity contribution in [2.45, 2.75) is 25.4 Å². The van der Waals surface area contributed by atoms with E-state index in [9.17, 15) is 4.79 Å². The third kappa shape index (κ3) is 3.29. The number of amides is 1. The van der Waals surface area contributed by atoms with Gasteiger partial charge in [0.1, 0.15) is 0 Å². The van der Waals surface area contributed by atoms with Gasteiger partial charge in [0.05, 0.1) is 23.3 Å². The second kappa shape index (κ2) is 6.97. The van der Waals surface area contributed by atoms with Crippen LogP contribution in [0, 0.1) is 0 Å². The maximum Gasteiger partial charge on any atom is 0.253 e. The monoisotopic (exact) mass is 367 g/mol. The lowest BCUT2D eigenvalue weighted by atomic mass is 10.1. The number of rotatable bonds is 5. The molecule has 4 heteroatoms. The zero-order chi connectivity index (χ0) is 18.9. The minimum Gasteiger partial charge on any atom is -0.349 e. The number of benzene rings is 2. The fraction of sp³-hybridized carbons (Fsp3) is 0.167. The molecule has 0 spiro atoms. The Morgan fingerprint density at radius 3 is 2.57 bits per heavy atom. The van der Waals surface area contributed by atoms with Crippen LogP contribution in [0.1, 0.15) is 28.9 Å². The van der Waals surface area contributed by atoms with Crippen molar-refractivity contribution in [1.82, 2.24) is 14.9 Å². The number of carbonyl (C=O) groups excluding carboxylic acids is 1. The van der Waals surface area contributed by atoms with Crippen molar-refractivity contribution in [3.05, 3.63) is 90.4 Å². The number of nitrogens with zero attached hydrogens (tertiary/aromatic N) is 2. The Hall–Kier alpha value is -3.40. The molecule has 0 radical (unpaired) electrons. The number of carbonyl (C=O) groups is 1. The highest BCUT2D eigenvalue weighted by Crippen LogP contribution is 2.24. The van der Waals surface area contributed by atoms with Crippen LogP contribution in [0.5, 0.6) is 0 Å². The number of nitrogens with one attached hydrogen (secondary N) is 1. The quantitative estimate of drug-likeness (QED) is 0.558. The van der Waals surface area contributed by atoms with Crippen LogP contribution in [-0.4, -0.2) is 21.5 Å². The second-order valence-electron chi connectivity index (χ2n) is 7.34. The lowest BCUT2D eigenvalue weighted by Crippen LogP contribution is -2.26. The van der Waals surface area contributed by atoms with E-state index < -0.39 is 0 Å². The number of hydrogen-bond acceptors (Lipinski definition) is 2. The molecular formula is C24H21N3O. The van der Waals surface area contributed by atoms with E-state index in [4.69, 9.17) is 0 Å². The summed E-state index contributed by atoms with van der Waals surface area (Å²) in [6.45, 7) is 0.631. The highest BCUT2D eigenvalue weighted by atomic mass is 16.1. The minimum atomic E-state index is 0.0143. The molecule has 1 fully saturated rings. The Morgan fingerprint density at radius 2 is 1.82 bits per heavy atom. The Balaban J connectivity index is 1.44. The highest BCUT2D eigenvalue weighted by Gasteiger charge is 2.25. The van der Waals surface area contributed by atoms with E-state index in [2.05, 4.69) is 45.2 Å². The Kier molecular flexibility index (Phi) is 4.17. The lowest BCUT2D eigenvalue weighted by molar-refractivity contribution is 0.0952. The summed E-state index contributed by atoms with van der Waals surface area (Å²) in [7, 11) is 0. The second-order valence-corrected chi connectivity index (χ2v) is 7.34. The summed E-state index contributed by atoms with van der Waals surface area (Å²) in [5.41, 5.74) is 4.93. The third-order valence-corrected chi connectivity index (χ3v) is 5.21. The van der Waals surface area contributed by atoms with Crippen molar-refractivity contribution in [3.63, 3.8) is 0 Å². The number of pyridine rings is 1. The Labute approximate surface area is 163 Å². The molecule has 0 unspecified atom stereocenters. The SMILES string of the molecule is O=C(NC1CC1)c1cccc2ccn(Cc3ccc(-c4ccccc4)cn3)c12. The first-order valence-corrected chi connectivity index (χ1v) is 9.67. The van der Waals surface area contributed by atoms with E-state index >= 15 is 0 Å². The molecule has 1 aliphatic rings. The van der Waals surface area contributed by atoms with Crippen LogP contribution < -0.4 is 5.32 Å². The Bertz CT molecular complexity index is 1130. The van der Waals surface area contributed by atoms with Gasteiger partial charge in [-0.3, -0.25) is 9.78 Å². The number of fused-ring (bicyclic) bond motifs is 1. The van der Waals surface area contributed by atoms with Crippen molar-refractivity contribution in [2.75, 3.05) is 0 Å². The summed E-state index contributed by atoms with van der Waals surface area (Å²) >= 11 is 0. The molecule has 2 aromatic carbocycles.